The van der Waals surface area contributed by atoms with Gasteiger partial charge in [-0.25, -0.2) is 0 Å². The van der Waals surface area contributed by atoms with E-state index >= 15 is 0 Å². The molecule has 0 bridgehead atoms. The van der Waals surface area contributed by atoms with Crippen LogP contribution in [0.25, 0.3) is 0 Å². The number of Topliss-reactive ketones (excluding diaryl/α,β-unsaturated/α-hetero) is 1. The number of hydrogen-bond acceptors (Lipinski definition) is 7. The largest absolute Gasteiger partial charge is 0.481 e. The summed E-state index contributed by atoms with van der Waals surface area (Å²) in [6.45, 7) is 22.5. The molecule has 0 aromatic rings. The van der Waals surface area contributed by atoms with E-state index in [1.165, 1.54) is 37.7 Å². The van der Waals surface area contributed by atoms with Crippen LogP contribution < -0.4 is 0 Å². The fourth-order valence-electron chi connectivity index (χ4n) is 14.5. The van der Waals surface area contributed by atoms with Crippen LogP contribution in [-0.2, 0) is 19.1 Å². The molecule has 0 aliphatic heterocycles. The zero-order valence-corrected chi connectivity index (χ0v) is 36.7. The first-order chi connectivity index (χ1) is 25.5. The summed E-state index contributed by atoms with van der Waals surface area (Å²) < 4.78 is 6.20. The quantitative estimate of drug-likeness (QED) is 0.190. The number of aliphatic carboxylic acids is 1. The highest BCUT2D eigenvalue weighted by Gasteiger charge is 2.71. The smallest absolute Gasteiger partial charge is 0.309 e. The van der Waals surface area contributed by atoms with Gasteiger partial charge >= 0.3 is 11.9 Å². The third-order valence-corrected chi connectivity index (χ3v) is 17.8. The van der Waals surface area contributed by atoms with E-state index in [2.05, 4.69) is 72.4 Å². The number of allylic oxidation sites excluding steroid dienone is 1. The molecule has 0 spiro atoms. The van der Waals surface area contributed by atoms with E-state index in [1.54, 1.807) is 13.8 Å². The van der Waals surface area contributed by atoms with E-state index in [9.17, 15) is 24.6 Å². The Labute approximate surface area is 334 Å². The summed E-state index contributed by atoms with van der Waals surface area (Å²) in [6.07, 6.45) is 13.8. The number of nitrogens with zero attached hydrogens (tertiary/aromatic N) is 2. The number of ether oxygens (including phenoxy) is 1. The van der Waals surface area contributed by atoms with Gasteiger partial charge in [-0.05, 0) is 138 Å². The van der Waals surface area contributed by atoms with Gasteiger partial charge < -0.3 is 19.8 Å². The van der Waals surface area contributed by atoms with Gasteiger partial charge in [-0.3, -0.25) is 19.3 Å². The summed E-state index contributed by atoms with van der Waals surface area (Å²) in [6, 6.07) is 0.507. The van der Waals surface area contributed by atoms with Crippen molar-refractivity contribution in [1.82, 2.24) is 9.80 Å². The van der Waals surface area contributed by atoms with Crippen LogP contribution >= 0.6 is 0 Å². The van der Waals surface area contributed by atoms with Crippen LogP contribution in [-0.4, -0.2) is 89.7 Å². The maximum atomic E-state index is 14.3. The van der Waals surface area contributed by atoms with E-state index < -0.39 is 28.9 Å². The zero-order valence-electron chi connectivity index (χ0n) is 36.7. The van der Waals surface area contributed by atoms with Crippen LogP contribution in [0.1, 0.15) is 159 Å². The van der Waals surface area contributed by atoms with Crippen molar-refractivity contribution in [3.05, 3.63) is 11.1 Å². The standard InChI is InChI=1S/C47H78N2O6/c1-30(2)39-33(50)27-47(36(51)29-49(26-25-48(10)11)31-15-13-12-14-16-31)24-23-45(8)32(40(39)47)17-18-35-44(7)21-20-37(55-38(52)28-42(3,4)41(53)54)43(5,6)34(44)19-22-46(35,45)9/h30-32,34-37,51H,12-29H2,1-11H3,(H,53,54)/t32-,34?,35?,36-,37+,44+,45-,46-,47+/m1/s1. The second-order valence-corrected chi connectivity index (χ2v) is 22.2. The molecule has 312 valence electrons. The molecule has 2 unspecified atom stereocenters. The lowest BCUT2D eigenvalue weighted by Crippen LogP contribution is -2.66. The molecule has 0 aromatic carbocycles. The number of carbonyl (C=O) groups is 3. The zero-order chi connectivity index (χ0) is 40.5. The fraction of sp³-hybridized carbons (Fsp3) is 0.894. The van der Waals surface area contributed by atoms with Gasteiger partial charge in [0.1, 0.15) is 6.10 Å². The van der Waals surface area contributed by atoms with Crippen LogP contribution in [0.2, 0.25) is 0 Å². The molecule has 8 nitrogen and oxygen atoms in total. The predicted molar refractivity (Wildman–Crippen MR) is 218 cm³/mol. The third-order valence-electron chi connectivity index (χ3n) is 17.8. The maximum absolute atomic E-state index is 14.3. The molecule has 6 aliphatic carbocycles. The Morgan fingerprint density at radius 3 is 2.15 bits per heavy atom. The Morgan fingerprint density at radius 2 is 1.53 bits per heavy atom. The van der Waals surface area contributed by atoms with Gasteiger partial charge in [0.25, 0.3) is 0 Å². The van der Waals surface area contributed by atoms with Crippen molar-refractivity contribution in [2.45, 2.75) is 177 Å². The van der Waals surface area contributed by atoms with Crippen LogP contribution in [0, 0.1) is 56.2 Å². The summed E-state index contributed by atoms with van der Waals surface area (Å²) in [5, 5.41) is 22.4. The molecule has 5 saturated carbocycles. The monoisotopic (exact) mass is 767 g/mol. The number of likely N-dealkylation sites (N-methyl/N-ethyl adjacent to an activating group) is 1. The Kier molecular flexibility index (Phi) is 11.8. The molecule has 0 aromatic heterocycles. The molecule has 0 radical (unpaired) electrons. The average molecular weight is 767 g/mol. The Morgan fingerprint density at radius 1 is 0.855 bits per heavy atom. The van der Waals surface area contributed by atoms with Gasteiger partial charge in [0.05, 0.1) is 17.9 Å². The normalized spacial score (nSPS) is 38.4. The lowest BCUT2D eigenvalue weighted by molar-refractivity contribution is -0.235. The number of carboxylic acid groups (broad SMARTS) is 1. The van der Waals surface area contributed by atoms with Crippen molar-refractivity contribution in [1.29, 1.82) is 0 Å². The number of carbonyl (C=O) groups excluding carboxylic acids is 2. The highest BCUT2D eigenvalue weighted by atomic mass is 16.5. The summed E-state index contributed by atoms with van der Waals surface area (Å²) in [5.74, 6) is 0.214. The second kappa shape index (κ2) is 15.1. The molecule has 0 heterocycles. The molecule has 6 aliphatic rings. The molecule has 8 heteroatoms. The first kappa shape index (κ1) is 42.8. The first-order valence-electron chi connectivity index (χ1n) is 22.3. The highest BCUT2D eigenvalue weighted by molar-refractivity contribution is 6.00. The number of aliphatic hydroxyl groups excluding tert-OH is 1. The Hall–Kier alpha value is -1.77. The molecule has 5 fully saturated rings. The number of esters is 1. The minimum absolute atomic E-state index is 0.0110. The number of carboxylic acids is 1. The van der Waals surface area contributed by atoms with E-state index in [0.29, 0.717) is 30.8 Å². The molecule has 55 heavy (non-hydrogen) atoms. The second-order valence-electron chi connectivity index (χ2n) is 22.2. The van der Waals surface area contributed by atoms with Gasteiger partial charge in [-0.15, -0.1) is 0 Å². The fourth-order valence-corrected chi connectivity index (χ4v) is 14.5. The van der Waals surface area contributed by atoms with Crippen molar-refractivity contribution in [3.63, 3.8) is 0 Å². The molecule has 0 saturated heterocycles. The van der Waals surface area contributed by atoms with Gasteiger partial charge in [0.2, 0.25) is 0 Å². The minimum atomic E-state index is -1.16. The lowest BCUT2D eigenvalue weighted by Gasteiger charge is -2.72. The van der Waals surface area contributed by atoms with Crippen LogP contribution in [0.4, 0.5) is 0 Å². The van der Waals surface area contributed by atoms with E-state index in [4.69, 9.17) is 4.74 Å². The van der Waals surface area contributed by atoms with Crippen molar-refractivity contribution >= 4 is 17.7 Å². The van der Waals surface area contributed by atoms with Crippen molar-refractivity contribution in [2.75, 3.05) is 33.7 Å². The summed E-state index contributed by atoms with van der Waals surface area (Å²) in [4.78, 5) is 44.1. The molecular weight excluding hydrogens is 689 g/mol. The molecular formula is C47H78N2O6. The van der Waals surface area contributed by atoms with Crippen molar-refractivity contribution < 1.29 is 29.3 Å². The maximum Gasteiger partial charge on any atom is 0.309 e. The van der Waals surface area contributed by atoms with E-state index in [0.717, 1.165) is 70.0 Å². The third kappa shape index (κ3) is 7.10. The summed E-state index contributed by atoms with van der Waals surface area (Å²) in [7, 11) is 4.28. The van der Waals surface area contributed by atoms with E-state index in [1.807, 2.05) is 0 Å². The number of hydrogen-bond donors (Lipinski definition) is 2. The molecule has 9 atom stereocenters. The summed E-state index contributed by atoms with van der Waals surface area (Å²) >= 11 is 0. The lowest BCUT2D eigenvalue weighted by atomic mass is 9.33. The Balaban J connectivity index is 1.29. The average Bonchev–Trinajstić information content (AvgIpc) is 3.41. The van der Waals surface area contributed by atoms with Gasteiger partial charge in [-0.2, -0.15) is 0 Å². The predicted octanol–water partition coefficient (Wildman–Crippen LogP) is 8.94. The SMILES string of the molecule is CC(C)C1=C2[C@H]3CCC4[C@@]5(C)CC[C@H](OC(=O)CC(C)(C)C(=O)O)C(C)(C)C5CC[C@@]4(C)[C@]3(C)CC[C@@]2([C@H](O)CN(CCN(C)C)C2CCCCC2)CC1=O. The molecule has 2 N–H and O–H groups in total. The molecule has 6 rings (SSSR count). The van der Waals surface area contributed by atoms with Crippen molar-refractivity contribution in [2.24, 2.45) is 56.2 Å². The Bertz CT molecular complexity index is 1510. The number of rotatable bonds is 12. The van der Waals surface area contributed by atoms with Crippen molar-refractivity contribution in [3.8, 4) is 0 Å². The highest BCUT2D eigenvalue weighted by Crippen LogP contribution is 2.77. The van der Waals surface area contributed by atoms with Crippen LogP contribution in [0.5, 0.6) is 0 Å². The number of fused-ring (bicyclic) bond motifs is 7. The van der Waals surface area contributed by atoms with Gasteiger partial charge in [0, 0.05) is 42.9 Å². The van der Waals surface area contributed by atoms with E-state index in [-0.39, 0.29) is 51.8 Å². The molecule has 0 amide bonds. The first-order valence-corrected chi connectivity index (χ1v) is 22.3. The van der Waals surface area contributed by atoms with Gasteiger partial charge in [0.15, 0.2) is 5.78 Å². The van der Waals surface area contributed by atoms with Crippen LogP contribution in [0.15, 0.2) is 11.1 Å². The number of ketones is 1. The van der Waals surface area contributed by atoms with Crippen LogP contribution in [0.3, 0.4) is 0 Å². The number of aliphatic hydroxyl groups is 1. The van der Waals surface area contributed by atoms with Gasteiger partial charge in [-0.1, -0.05) is 73.3 Å². The minimum Gasteiger partial charge on any atom is -0.481 e. The summed E-state index contributed by atoms with van der Waals surface area (Å²) in [5.41, 5.74) is 0.699. The topological polar surface area (TPSA) is 107 Å².